The van der Waals surface area contributed by atoms with Crippen LogP contribution < -0.4 is 4.90 Å². The Hall–Kier alpha value is -1.85. The Kier molecular flexibility index (Phi) is 4.68. The van der Waals surface area contributed by atoms with Crippen LogP contribution in [0.5, 0.6) is 0 Å². The zero-order chi connectivity index (χ0) is 16.4. The number of carbonyl (C=O) groups is 1. The van der Waals surface area contributed by atoms with Gasteiger partial charge in [-0.15, -0.1) is 0 Å². The number of thiazole rings is 1. The van der Waals surface area contributed by atoms with Crippen molar-refractivity contribution in [2.75, 3.05) is 4.90 Å². The molecule has 23 heavy (non-hydrogen) atoms. The number of fused-ring (bicyclic) bond motifs is 1. The number of benzene rings is 1. The Morgan fingerprint density at radius 3 is 2.87 bits per heavy atom. The molecule has 0 atom stereocenters. The van der Waals surface area contributed by atoms with Crippen LogP contribution in [0.1, 0.15) is 31.1 Å². The highest BCUT2D eigenvalue weighted by atomic mass is 35.5. The quantitative estimate of drug-likeness (QED) is 0.637. The summed E-state index contributed by atoms with van der Waals surface area (Å²) in [5.74, 6) is 0.772. The van der Waals surface area contributed by atoms with Gasteiger partial charge in [-0.2, -0.15) is 0 Å². The molecule has 120 valence electrons. The smallest absolute Gasteiger partial charge is 0.229 e. The van der Waals surface area contributed by atoms with Gasteiger partial charge in [-0.25, -0.2) is 4.98 Å². The Morgan fingerprint density at radius 2 is 2.22 bits per heavy atom. The first-order chi connectivity index (χ1) is 11.1. The van der Waals surface area contributed by atoms with Crippen molar-refractivity contribution in [1.29, 1.82) is 0 Å². The molecule has 0 radical (unpaired) electrons. The molecule has 0 aliphatic heterocycles. The van der Waals surface area contributed by atoms with Gasteiger partial charge in [-0.3, -0.25) is 9.69 Å². The Balaban J connectivity index is 2.03. The second kappa shape index (κ2) is 6.72. The molecule has 0 bridgehead atoms. The van der Waals surface area contributed by atoms with E-state index in [4.69, 9.17) is 16.0 Å². The van der Waals surface area contributed by atoms with E-state index in [0.717, 1.165) is 28.0 Å². The standard InChI is InChI=1S/C17H17ClN2O2S/c1-3-5-14(21)20(10-12-6-4-9-22-12)17-19-15-11(2)7-8-13(18)16(15)23-17/h4,6-9H,3,5,10H2,1-2H3. The van der Waals surface area contributed by atoms with Crippen LogP contribution in [0.2, 0.25) is 5.02 Å². The molecular formula is C17H17ClN2O2S. The van der Waals surface area contributed by atoms with Gasteiger partial charge in [0.15, 0.2) is 5.13 Å². The molecule has 2 heterocycles. The first-order valence-electron chi connectivity index (χ1n) is 7.48. The Bertz CT molecular complexity index is 788. The van der Waals surface area contributed by atoms with Crippen molar-refractivity contribution in [1.82, 2.24) is 4.98 Å². The number of furan rings is 1. The average Bonchev–Trinajstić information content (AvgIpc) is 3.18. The Morgan fingerprint density at radius 1 is 1.39 bits per heavy atom. The highest BCUT2D eigenvalue weighted by Crippen LogP contribution is 2.36. The normalized spacial score (nSPS) is 11.1. The lowest BCUT2D eigenvalue weighted by Crippen LogP contribution is -2.29. The van der Waals surface area contributed by atoms with E-state index in [0.29, 0.717) is 23.1 Å². The van der Waals surface area contributed by atoms with E-state index in [1.807, 2.05) is 38.1 Å². The van der Waals surface area contributed by atoms with Crippen LogP contribution in [0, 0.1) is 6.92 Å². The van der Waals surface area contributed by atoms with E-state index in [2.05, 4.69) is 4.98 Å². The molecule has 0 spiro atoms. The molecule has 0 unspecified atom stereocenters. The van der Waals surface area contributed by atoms with Crippen molar-refractivity contribution in [2.24, 2.45) is 0 Å². The van der Waals surface area contributed by atoms with Gasteiger partial charge in [0, 0.05) is 6.42 Å². The number of nitrogens with zero attached hydrogens (tertiary/aromatic N) is 2. The predicted octanol–water partition coefficient (Wildman–Crippen LogP) is 5.18. The minimum Gasteiger partial charge on any atom is -0.467 e. The van der Waals surface area contributed by atoms with E-state index in [-0.39, 0.29) is 5.91 Å². The van der Waals surface area contributed by atoms with Gasteiger partial charge in [0.05, 0.1) is 28.0 Å². The summed E-state index contributed by atoms with van der Waals surface area (Å²) in [6.45, 7) is 4.36. The topological polar surface area (TPSA) is 46.3 Å². The van der Waals surface area contributed by atoms with E-state index in [9.17, 15) is 4.79 Å². The molecule has 4 nitrogen and oxygen atoms in total. The molecule has 3 aromatic rings. The largest absolute Gasteiger partial charge is 0.467 e. The maximum Gasteiger partial charge on any atom is 0.229 e. The summed E-state index contributed by atoms with van der Waals surface area (Å²) in [6.07, 6.45) is 2.87. The molecular weight excluding hydrogens is 332 g/mol. The summed E-state index contributed by atoms with van der Waals surface area (Å²) >= 11 is 7.72. The first-order valence-corrected chi connectivity index (χ1v) is 8.68. The number of anilines is 1. The van der Waals surface area contributed by atoms with Gasteiger partial charge in [-0.05, 0) is 37.1 Å². The second-order valence-electron chi connectivity index (χ2n) is 5.35. The second-order valence-corrected chi connectivity index (χ2v) is 6.73. The molecule has 0 N–H and O–H groups in total. The van der Waals surface area contributed by atoms with Crippen molar-refractivity contribution in [3.63, 3.8) is 0 Å². The minimum absolute atomic E-state index is 0.0386. The molecule has 0 aliphatic rings. The van der Waals surface area contributed by atoms with Crippen LogP contribution in [0.15, 0.2) is 34.9 Å². The van der Waals surface area contributed by atoms with Crippen molar-refractivity contribution in [3.8, 4) is 0 Å². The van der Waals surface area contributed by atoms with Gasteiger partial charge in [0.25, 0.3) is 0 Å². The third kappa shape index (κ3) is 3.26. The summed E-state index contributed by atoms with van der Waals surface area (Å²) in [7, 11) is 0. The van der Waals surface area contributed by atoms with E-state index in [1.54, 1.807) is 11.2 Å². The van der Waals surface area contributed by atoms with Crippen LogP contribution in [0.3, 0.4) is 0 Å². The average molecular weight is 349 g/mol. The van der Waals surface area contributed by atoms with Gasteiger partial charge in [0.1, 0.15) is 5.76 Å². The predicted molar refractivity (Wildman–Crippen MR) is 94.2 cm³/mol. The van der Waals surface area contributed by atoms with Crippen molar-refractivity contribution < 1.29 is 9.21 Å². The van der Waals surface area contributed by atoms with Crippen LogP contribution >= 0.6 is 22.9 Å². The molecule has 1 amide bonds. The van der Waals surface area contributed by atoms with Crippen LogP contribution in [-0.4, -0.2) is 10.9 Å². The molecule has 0 fully saturated rings. The fourth-order valence-electron chi connectivity index (χ4n) is 2.38. The summed E-state index contributed by atoms with van der Waals surface area (Å²) in [5, 5.41) is 1.32. The fourth-order valence-corrected chi connectivity index (χ4v) is 3.71. The lowest BCUT2D eigenvalue weighted by Gasteiger charge is -2.18. The molecule has 3 rings (SSSR count). The van der Waals surface area contributed by atoms with Crippen molar-refractivity contribution in [2.45, 2.75) is 33.2 Å². The number of hydrogen-bond donors (Lipinski definition) is 0. The van der Waals surface area contributed by atoms with Crippen LogP contribution in [0.4, 0.5) is 5.13 Å². The number of halogens is 1. The number of amides is 1. The number of rotatable bonds is 5. The van der Waals surface area contributed by atoms with Crippen LogP contribution in [0.25, 0.3) is 10.2 Å². The molecule has 1 aromatic carbocycles. The maximum absolute atomic E-state index is 12.5. The molecule has 6 heteroatoms. The molecule has 0 aliphatic carbocycles. The number of carbonyl (C=O) groups excluding carboxylic acids is 1. The first kappa shape index (κ1) is 16.0. The monoisotopic (exact) mass is 348 g/mol. The highest BCUT2D eigenvalue weighted by Gasteiger charge is 2.21. The number of aromatic nitrogens is 1. The molecule has 2 aromatic heterocycles. The zero-order valence-corrected chi connectivity index (χ0v) is 14.6. The van der Waals surface area contributed by atoms with Gasteiger partial charge >= 0.3 is 0 Å². The number of hydrogen-bond acceptors (Lipinski definition) is 4. The summed E-state index contributed by atoms with van der Waals surface area (Å²) in [5.41, 5.74) is 1.90. The molecule has 0 saturated carbocycles. The van der Waals surface area contributed by atoms with Crippen molar-refractivity contribution in [3.05, 3.63) is 46.9 Å². The SMILES string of the molecule is CCCC(=O)N(Cc1ccco1)c1nc2c(C)ccc(Cl)c2s1. The summed E-state index contributed by atoms with van der Waals surface area (Å²) in [6, 6.07) is 7.49. The zero-order valence-electron chi connectivity index (χ0n) is 13.0. The fraction of sp³-hybridized carbons (Fsp3) is 0.294. The molecule has 0 saturated heterocycles. The number of aryl methyl sites for hydroxylation is 1. The van der Waals surface area contributed by atoms with E-state index in [1.165, 1.54) is 11.3 Å². The lowest BCUT2D eigenvalue weighted by molar-refractivity contribution is -0.118. The summed E-state index contributed by atoms with van der Waals surface area (Å²) in [4.78, 5) is 18.9. The summed E-state index contributed by atoms with van der Waals surface area (Å²) < 4.78 is 6.30. The van der Waals surface area contributed by atoms with Gasteiger partial charge in [-0.1, -0.05) is 35.9 Å². The third-order valence-electron chi connectivity index (χ3n) is 3.58. The van der Waals surface area contributed by atoms with E-state index < -0.39 is 0 Å². The van der Waals surface area contributed by atoms with Gasteiger partial charge in [0.2, 0.25) is 5.91 Å². The lowest BCUT2D eigenvalue weighted by atomic mass is 10.2. The third-order valence-corrected chi connectivity index (χ3v) is 5.11. The van der Waals surface area contributed by atoms with Crippen molar-refractivity contribution >= 4 is 44.2 Å². The Labute approximate surface area is 143 Å². The van der Waals surface area contributed by atoms with Crippen LogP contribution in [-0.2, 0) is 11.3 Å². The maximum atomic E-state index is 12.5. The van der Waals surface area contributed by atoms with Gasteiger partial charge < -0.3 is 4.42 Å². The minimum atomic E-state index is 0.0386. The van der Waals surface area contributed by atoms with E-state index >= 15 is 0 Å². The highest BCUT2D eigenvalue weighted by molar-refractivity contribution is 7.23.